The average molecular weight is 505 g/mol. The van der Waals surface area contributed by atoms with Crippen LogP contribution in [0.2, 0.25) is 0 Å². The molecule has 0 radical (unpaired) electrons. The lowest BCUT2D eigenvalue weighted by Crippen LogP contribution is -2.40. The Hall–Kier alpha value is -2.69. The molecule has 0 aliphatic carbocycles. The Morgan fingerprint density at radius 3 is 2.38 bits per heavy atom. The first-order valence-corrected chi connectivity index (χ1v) is 13.6. The predicted octanol–water partition coefficient (Wildman–Crippen LogP) is 4.94. The summed E-state index contributed by atoms with van der Waals surface area (Å²) < 4.78 is 31.6. The first-order chi connectivity index (χ1) is 16.1. The van der Waals surface area contributed by atoms with Gasteiger partial charge >= 0.3 is 10.1 Å². The van der Waals surface area contributed by atoms with Gasteiger partial charge in [0.25, 0.3) is 0 Å². The minimum absolute atomic E-state index is 0.0735. The van der Waals surface area contributed by atoms with E-state index in [1.54, 1.807) is 37.3 Å². The van der Waals surface area contributed by atoms with Gasteiger partial charge in [0.2, 0.25) is 5.91 Å². The van der Waals surface area contributed by atoms with Gasteiger partial charge in [0.15, 0.2) is 5.13 Å². The van der Waals surface area contributed by atoms with Gasteiger partial charge in [0, 0.05) is 43.3 Å². The van der Waals surface area contributed by atoms with Crippen molar-refractivity contribution in [2.75, 3.05) is 23.7 Å². The summed E-state index contributed by atoms with van der Waals surface area (Å²) in [4.78, 5) is 18.4. The number of nitrogens with one attached hydrogen (secondary N) is 2. The third kappa shape index (κ3) is 6.68. The Balaban J connectivity index is 1.64. The minimum atomic E-state index is -3.99. The van der Waals surface area contributed by atoms with E-state index in [9.17, 15) is 13.2 Å². The molecule has 10 heteroatoms. The van der Waals surface area contributed by atoms with E-state index in [0.717, 1.165) is 23.5 Å². The highest BCUT2D eigenvalue weighted by Gasteiger charge is 2.18. The van der Waals surface area contributed by atoms with Crippen LogP contribution in [0.25, 0.3) is 10.2 Å². The van der Waals surface area contributed by atoms with Crippen molar-refractivity contribution in [1.82, 2.24) is 9.88 Å². The number of hydrogen-bond acceptors (Lipinski definition) is 8. The molecule has 0 unspecified atom stereocenters. The van der Waals surface area contributed by atoms with E-state index in [-0.39, 0.29) is 16.6 Å². The maximum Gasteiger partial charge on any atom is 0.339 e. The summed E-state index contributed by atoms with van der Waals surface area (Å²) in [7, 11) is -3.99. The molecular formula is C24H32N4O4S2. The molecule has 0 fully saturated rings. The maximum atomic E-state index is 12.8. The Morgan fingerprint density at radius 1 is 1.09 bits per heavy atom. The van der Waals surface area contributed by atoms with Crippen LogP contribution in [0.1, 0.15) is 41.0 Å². The van der Waals surface area contributed by atoms with Crippen molar-refractivity contribution in [2.24, 2.45) is 0 Å². The minimum Gasteiger partial charge on any atom is -0.384 e. The smallest absolute Gasteiger partial charge is 0.339 e. The Morgan fingerprint density at radius 2 is 1.76 bits per heavy atom. The summed E-state index contributed by atoms with van der Waals surface area (Å²) in [5, 5.41) is 6.52. The molecular weight excluding hydrogens is 472 g/mol. The molecule has 0 saturated carbocycles. The molecule has 0 aliphatic rings. The van der Waals surface area contributed by atoms with Crippen molar-refractivity contribution >= 4 is 48.4 Å². The van der Waals surface area contributed by atoms with Gasteiger partial charge in [-0.3, -0.25) is 9.69 Å². The number of carbonyl (C=O) groups is 1. The average Bonchev–Trinajstić information content (AvgIpc) is 3.17. The second-order valence-electron chi connectivity index (χ2n) is 8.46. The van der Waals surface area contributed by atoms with E-state index in [2.05, 4.69) is 48.2 Å². The van der Waals surface area contributed by atoms with Gasteiger partial charge in [0.1, 0.15) is 10.6 Å². The van der Waals surface area contributed by atoms with Crippen molar-refractivity contribution < 1.29 is 17.4 Å². The number of thiazole rings is 1. The van der Waals surface area contributed by atoms with Gasteiger partial charge in [-0.2, -0.15) is 8.42 Å². The molecule has 2 N–H and O–H groups in total. The fraction of sp³-hybridized carbons (Fsp3) is 0.417. The largest absolute Gasteiger partial charge is 0.384 e. The number of rotatable bonds is 11. The molecule has 34 heavy (non-hydrogen) atoms. The first-order valence-electron chi connectivity index (χ1n) is 11.3. The van der Waals surface area contributed by atoms with Crippen molar-refractivity contribution in [2.45, 2.75) is 58.0 Å². The van der Waals surface area contributed by atoms with Crippen LogP contribution in [0, 0.1) is 0 Å². The highest BCUT2D eigenvalue weighted by Crippen LogP contribution is 2.30. The molecule has 1 aromatic heterocycles. The van der Waals surface area contributed by atoms with Gasteiger partial charge in [-0.1, -0.05) is 18.3 Å². The van der Waals surface area contributed by atoms with E-state index in [4.69, 9.17) is 4.18 Å². The van der Waals surface area contributed by atoms with Gasteiger partial charge in [0.05, 0.1) is 10.2 Å². The fourth-order valence-electron chi connectivity index (χ4n) is 3.57. The molecule has 2 aromatic carbocycles. The molecule has 0 aliphatic heterocycles. The van der Waals surface area contributed by atoms with Gasteiger partial charge < -0.3 is 14.8 Å². The van der Waals surface area contributed by atoms with Crippen molar-refractivity contribution in [3.8, 4) is 5.75 Å². The summed E-state index contributed by atoms with van der Waals surface area (Å²) in [6, 6.07) is 12.3. The zero-order chi connectivity index (χ0) is 24.9. The zero-order valence-corrected chi connectivity index (χ0v) is 21.8. The van der Waals surface area contributed by atoms with Crippen LogP contribution >= 0.6 is 11.3 Å². The molecule has 0 bridgehead atoms. The highest BCUT2D eigenvalue weighted by molar-refractivity contribution is 7.87. The summed E-state index contributed by atoms with van der Waals surface area (Å²) in [6.07, 6.45) is 0.352. The quantitative estimate of drug-likeness (QED) is 0.357. The third-order valence-corrected chi connectivity index (χ3v) is 7.50. The maximum absolute atomic E-state index is 12.8. The standard InChI is InChI=1S/C24H32N4O4S2/c1-6-23(29)27-24-26-21-12-9-19(15-22(21)33-24)32-34(30,31)20-10-7-18(8-11-20)25-13-14-28(16(2)3)17(4)5/h7-12,15-17,25H,6,13-14H2,1-5H3,(H,26,27,29). The fourth-order valence-corrected chi connectivity index (χ4v) is 5.41. The number of nitrogens with zero attached hydrogens (tertiary/aromatic N) is 2. The molecule has 1 amide bonds. The lowest BCUT2D eigenvalue weighted by atomic mass is 10.2. The number of anilines is 2. The molecule has 0 saturated heterocycles. The second-order valence-corrected chi connectivity index (χ2v) is 11.0. The molecule has 184 valence electrons. The zero-order valence-electron chi connectivity index (χ0n) is 20.2. The molecule has 3 aromatic rings. The van der Waals surface area contributed by atoms with Crippen molar-refractivity contribution in [3.05, 3.63) is 42.5 Å². The molecule has 0 spiro atoms. The van der Waals surface area contributed by atoms with Crippen LogP contribution in [-0.2, 0) is 14.9 Å². The monoisotopic (exact) mass is 504 g/mol. The summed E-state index contributed by atoms with van der Waals surface area (Å²) in [5.74, 6) is 0.0578. The van der Waals surface area contributed by atoms with Crippen LogP contribution < -0.4 is 14.8 Å². The van der Waals surface area contributed by atoms with Crippen LogP contribution in [0.5, 0.6) is 5.75 Å². The molecule has 0 atom stereocenters. The van der Waals surface area contributed by atoms with Crippen LogP contribution in [0.3, 0.4) is 0 Å². The van der Waals surface area contributed by atoms with E-state index < -0.39 is 10.1 Å². The molecule has 3 rings (SSSR count). The van der Waals surface area contributed by atoms with E-state index in [1.807, 2.05) is 0 Å². The van der Waals surface area contributed by atoms with E-state index in [0.29, 0.717) is 29.2 Å². The number of amides is 1. The topological polar surface area (TPSA) is 101 Å². The predicted molar refractivity (Wildman–Crippen MR) is 138 cm³/mol. The van der Waals surface area contributed by atoms with Crippen LogP contribution in [-0.4, -0.2) is 49.4 Å². The number of benzene rings is 2. The number of aromatic nitrogens is 1. The normalized spacial score (nSPS) is 12.0. The molecule has 1 heterocycles. The van der Waals surface area contributed by atoms with Gasteiger partial charge in [-0.25, -0.2) is 4.98 Å². The third-order valence-electron chi connectivity index (χ3n) is 5.30. The van der Waals surface area contributed by atoms with Crippen LogP contribution in [0.4, 0.5) is 10.8 Å². The lowest BCUT2D eigenvalue weighted by Gasteiger charge is -2.30. The summed E-state index contributed by atoms with van der Waals surface area (Å²) in [5.41, 5.74) is 1.50. The Kier molecular flexibility index (Phi) is 8.51. The van der Waals surface area contributed by atoms with Gasteiger partial charge in [-0.05, 0) is 64.1 Å². The summed E-state index contributed by atoms with van der Waals surface area (Å²) in [6.45, 7) is 12.1. The van der Waals surface area contributed by atoms with Crippen molar-refractivity contribution in [3.63, 3.8) is 0 Å². The van der Waals surface area contributed by atoms with Gasteiger partial charge in [-0.15, -0.1) is 0 Å². The van der Waals surface area contributed by atoms with E-state index >= 15 is 0 Å². The Bertz CT molecular complexity index is 1210. The first kappa shape index (κ1) is 25.9. The van der Waals surface area contributed by atoms with Crippen molar-refractivity contribution in [1.29, 1.82) is 0 Å². The van der Waals surface area contributed by atoms with Crippen LogP contribution in [0.15, 0.2) is 47.4 Å². The second kappa shape index (κ2) is 11.2. The molecule has 8 nitrogen and oxygen atoms in total. The van der Waals surface area contributed by atoms with E-state index in [1.165, 1.54) is 23.5 Å². The summed E-state index contributed by atoms with van der Waals surface area (Å²) >= 11 is 1.26. The Labute approximate surface area is 205 Å². The lowest BCUT2D eigenvalue weighted by molar-refractivity contribution is -0.115. The number of hydrogen-bond donors (Lipinski definition) is 2. The highest BCUT2D eigenvalue weighted by atomic mass is 32.2. The number of carbonyl (C=O) groups excluding carboxylic acids is 1. The SMILES string of the molecule is CCC(=O)Nc1nc2ccc(OS(=O)(=O)c3ccc(NCCN(C(C)C)C(C)C)cc3)cc2s1. The number of fused-ring (bicyclic) bond motifs is 1.